The second kappa shape index (κ2) is 2.52. The molecule has 0 bridgehead atoms. The quantitative estimate of drug-likeness (QED) is 0.272. The number of rotatable bonds is 2. The predicted molar refractivity (Wildman–Crippen MR) is 21.7 cm³/mol. The molecule has 0 atom stereocenters. The van der Waals surface area contributed by atoms with Crippen molar-refractivity contribution in [2.75, 3.05) is 6.79 Å². The summed E-state index contributed by atoms with van der Waals surface area (Å²) in [5.41, 5.74) is 0. The molecule has 0 spiro atoms. The van der Waals surface area contributed by atoms with E-state index in [1.165, 1.54) is 0 Å². The van der Waals surface area contributed by atoms with Crippen molar-refractivity contribution in [1.82, 2.24) is 0 Å². The third-order valence-corrected chi connectivity index (χ3v) is 0.693. The van der Waals surface area contributed by atoms with E-state index in [-0.39, 0.29) is 0 Å². The zero-order chi connectivity index (χ0) is 5.91. The van der Waals surface area contributed by atoms with E-state index in [1.807, 2.05) is 0 Å². The topological polar surface area (TPSA) is 90.2 Å². The first kappa shape index (κ1) is 7.23. The fraction of sp³-hybridized carbons (Fsp3) is 1.00. The molecule has 6 heteroatoms. The van der Waals surface area contributed by atoms with E-state index in [9.17, 15) is 0 Å². The Kier molecular flexibility index (Phi) is 2.60. The highest BCUT2D eigenvalue weighted by atomic mass is 31.2. The van der Waals surface area contributed by atoms with Gasteiger partial charge >= 0.3 is 8.17 Å². The van der Waals surface area contributed by atoms with Crippen molar-refractivity contribution in [2.24, 2.45) is 0 Å². The summed E-state index contributed by atoms with van der Waals surface area (Å²) in [5.74, 6) is 0. The largest absolute Gasteiger partial charge is 0.569 e. The van der Waals surface area contributed by atoms with Crippen LogP contribution >= 0.6 is 8.17 Å². The average Bonchev–Trinajstić information content (AvgIpc) is 1.30. The van der Waals surface area contributed by atoms with Crippen molar-refractivity contribution >= 4 is 8.17 Å². The Morgan fingerprint density at radius 3 is 1.71 bits per heavy atom. The fourth-order valence-electron chi connectivity index (χ4n) is 0.0775. The van der Waals surface area contributed by atoms with E-state index in [2.05, 4.69) is 4.52 Å². The standard InChI is InChI=1S/CH6O5P/c2-1-6-7(3,4)5/h2-5H,1H2/q+1. The van der Waals surface area contributed by atoms with Gasteiger partial charge in [-0.2, -0.15) is 14.7 Å². The minimum atomic E-state index is -4.17. The van der Waals surface area contributed by atoms with E-state index >= 15 is 0 Å². The maximum absolute atomic E-state index is 7.86. The normalized spacial score (nSPS) is 12.0. The lowest BCUT2D eigenvalue weighted by Crippen LogP contribution is -1.95. The second-order valence-corrected chi connectivity index (χ2v) is 2.06. The smallest absolute Gasteiger partial charge is 0.367 e. The monoisotopic (exact) mass is 129 g/mol. The highest BCUT2D eigenvalue weighted by molar-refractivity contribution is 7.53. The summed E-state index contributed by atoms with van der Waals surface area (Å²) in [7, 11) is -4.17. The lowest BCUT2D eigenvalue weighted by atomic mass is 11.6. The molecule has 0 rings (SSSR count). The Labute approximate surface area is 40.5 Å². The summed E-state index contributed by atoms with van der Waals surface area (Å²) in [6, 6.07) is 0. The van der Waals surface area contributed by atoms with Crippen LogP contribution in [0.1, 0.15) is 0 Å². The van der Waals surface area contributed by atoms with Gasteiger partial charge in [0.2, 0.25) is 0 Å². The molecule has 0 saturated carbocycles. The predicted octanol–water partition coefficient (Wildman–Crippen LogP) is -1.39. The molecular formula is CH6O5P+. The number of hydrogen-bond donors (Lipinski definition) is 4. The molecule has 0 fully saturated rings. The second-order valence-electron chi connectivity index (χ2n) is 0.771. The van der Waals surface area contributed by atoms with Gasteiger partial charge in [-0.05, 0) is 0 Å². The van der Waals surface area contributed by atoms with Gasteiger partial charge in [-0.1, -0.05) is 0 Å². The fourth-order valence-corrected chi connectivity index (χ4v) is 0.232. The van der Waals surface area contributed by atoms with Crippen molar-refractivity contribution in [3.63, 3.8) is 0 Å². The molecule has 44 valence electrons. The summed E-state index contributed by atoms with van der Waals surface area (Å²) < 4.78 is 3.56. The van der Waals surface area contributed by atoms with Gasteiger partial charge in [-0.15, -0.1) is 4.52 Å². The Bertz CT molecular complexity index is 46.5. The minimum Gasteiger partial charge on any atom is -0.367 e. The summed E-state index contributed by atoms with van der Waals surface area (Å²) in [4.78, 5) is 23.6. The van der Waals surface area contributed by atoms with Crippen LogP contribution < -0.4 is 0 Å². The first-order chi connectivity index (χ1) is 3.06. The van der Waals surface area contributed by atoms with Gasteiger partial charge < -0.3 is 5.11 Å². The Hall–Kier alpha value is 0.230. The first-order valence-electron chi connectivity index (χ1n) is 1.39. The van der Waals surface area contributed by atoms with Crippen LogP contribution in [0.3, 0.4) is 0 Å². The molecule has 0 radical (unpaired) electrons. The molecule has 0 aliphatic rings. The number of aliphatic hydroxyl groups is 1. The molecule has 0 heterocycles. The number of aliphatic hydroxyl groups excluding tert-OH is 1. The van der Waals surface area contributed by atoms with E-state index in [0.717, 1.165) is 0 Å². The van der Waals surface area contributed by atoms with E-state index in [4.69, 9.17) is 19.8 Å². The van der Waals surface area contributed by atoms with Crippen LogP contribution in [-0.2, 0) is 4.52 Å². The van der Waals surface area contributed by atoms with E-state index in [1.54, 1.807) is 0 Å². The Morgan fingerprint density at radius 1 is 1.29 bits per heavy atom. The summed E-state index contributed by atoms with van der Waals surface area (Å²) in [6.07, 6.45) is 0. The lowest BCUT2D eigenvalue weighted by molar-refractivity contribution is 0.0493. The van der Waals surface area contributed by atoms with Crippen LogP contribution in [0.2, 0.25) is 0 Å². The maximum atomic E-state index is 7.86. The van der Waals surface area contributed by atoms with Gasteiger partial charge in [-0.25, -0.2) is 0 Å². The average molecular weight is 129 g/mol. The molecule has 0 aliphatic carbocycles. The SMILES string of the molecule is OCO[P+](O)(O)O. The summed E-state index contributed by atoms with van der Waals surface area (Å²) in [6.45, 7) is -0.892. The molecule has 4 N–H and O–H groups in total. The molecule has 7 heavy (non-hydrogen) atoms. The maximum Gasteiger partial charge on any atom is 0.569 e. The summed E-state index contributed by atoms with van der Waals surface area (Å²) in [5, 5.41) is 7.73. The zero-order valence-electron chi connectivity index (χ0n) is 3.35. The van der Waals surface area contributed by atoms with Crippen LogP contribution in [0.15, 0.2) is 0 Å². The van der Waals surface area contributed by atoms with Crippen molar-refractivity contribution in [3.05, 3.63) is 0 Å². The third-order valence-electron chi connectivity index (χ3n) is 0.231. The molecule has 0 aromatic heterocycles. The van der Waals surface area contributed by atoms with E-state index in [0.29, 0.717) is 0 Å². The van der Waals surface area contributed by atoms with E-state index < -0.39 is 15.0 Å². The lowest BCUT2D eigenvalue weighted by Gasteiger charge is -1.96. The van der Waals surface area contributed by atoms with Crippen molar-refractivity contribution in [2.45, 2.75) is 0 Å². The molecule has 0 saturated heterocycles. The molecule has 5 nitrogen and oxygen atoms in total. The highest BCUT2D eigenvalue weighted by Gasteiger charge is 2.32. The minimum absolute atomic E-state index is 0.892. The van der Waals surface area contributed by atoms with Crippen LogP contribution in [-0.4, -0.2) is 26.6 Å². The van der Waals surface area contributed by atoms with Gasteiger partial charge in [0.25, 0.3) is 0 Å². The van der Waals surface area contributed by atoms with Crippen LogP contribution in [0, 0.1) is 0 Å². The summed E-state index contributed by atoms with van der Waals surface area (Å²) >= 11 is 0. The molecular weight excluding hydrogens is 123 g/mol. The first-order valence-corrected chi connectivity index (χ1v) is 2.95. The molecule has 0 amide bonds. The molecule has 0 aromatic rings. The van der Waals surface area contributed by atoms with Gasteiger partial charge in [0, 0.05) is 0 Å². The van der Waals surface area contributed by atoms with Crippen LogP contribution in [0.4, 0.5) is 0 Å². The molecule has 0 aromatic carbocycles. The Morgan fingerprint density at radius 2 is 1.71 bits per heavy atom. The third kappa shape index (κ3) is 6.23. The van der Waals surface area contributed by atoms with Gasteiger partial charge in [0.05, 0.1) is 0 Å². The van der Waals surface area contributed by atoms with Gasteiger partial charge in [0.15, 0.2) is 6.79 Å². The molecule has 0 unspecified atom stereocenters. The zero-order valence-corrected chi connectivity index (χ0v) is 4.25. The van der Waals surface area contributed by atoms with Crippen molar-refractivity contribution < 1.29 is 24.3 Å². The highest BCUT2D eigenvalue weighted by Crippen LogP contribution is 2.44. The van der Waals surface area contributed by atoms with Crippen LogP contribution in [0.5, 0.6) is 0 Å². The van der Waals surface area contributed by atoms with Gasteiger partial charge in [0.1, 0.15) is 0 Å². The van der Waals surface area contributed by atoms with Gasteiger partial charge in [-0.3, -0.25) is 0 Å². The van der Waals surface area contributed by atoms with Crippen molar-refractivity contribution in [3.8, 4) is 0 Å². The van der Waals surface area contributed by atoms with Crippen LogP contribution in [0.25, 0.3) is 0 Å². The number of hydrogen-bond acceptors (Lipinski definition) is 5. The van der Waals surface area contributed by atoms with Crippen molar-refractivity contribution in [1.29, 1.82) is 0 Å². The molecule has 0 aliphatic heterocycles. The Balaban J connectivity index is 3.15.